The standard InChI is InChI=1S/C21H25N3O3/c1-15(2)12-13-27-20-10-6-18(7-11-20)21(26)24-22-14-17-4-8-19(9-5-17)23-16(3)25/h4-11,14-15H,12-13H2,1-3H3,(H,23,25)(H,24,26)/b22-14-. The summed E-state index contributed by atoms with van der Waals surface area (Å²) in [5.41, 5.74) is 4.51. The van der Waals surface area contributed by atoms with Gasteiger partial charge >= 0.3 is 0 Å². The Bertz CT molecular complexity index is 781. The number of hydrogen-bond acceptors (Lipinski definition) is 4. The molecule has 2 rings (SSSR count). The van der Waals surface area contributed by atoms with Crippen molar-refractivity contribution in [2.24, 2.45) is 11.0 Å². The van der Waals surface area contributed by atoms with Crippen LogP contribution in [0.5, 0.6) is 5.75 Å². The third-order valence-corrected chi connectivity index (χ3v) is 3.69. The molecule has 0 heterocycles. The van der Waals surface area contributed by atoms with Gasteiger partial charge in [0.1, 0.15) is 5.75 Å². The molecule has 6 nitrogen and oxygen atoms in total. The zero-order valence-electron chi connectivity index (χ0n) is 15.9. The Kier molecular flexibility index (Phi) is 7.55. The van der Waals surface area contributed by atoms with Gasteiger partial charge in [0.2, 0.25) is 5.91 Å². The van der Waals surface area contributed by atoms with Gasteiger partial charge in [0.15, 0.2) is 0 Å². The molecule has 0 bridgehead atoms. The molecule has 0 aliphatic heterocycles. The number of ether oxygens (including phenoxy) is 1. The molecule has 0 radical (unpaired) electrons. The molecular weight excluding hydrogens is 342 g/mol. The number of benzene rings is 2. The van der Waals surface area contributed by atoms with Crippen molar-refractivity contribution in [3.63, 3.8) is 0 Å². The van der Waals surface area contributed by atoms with E-state index in [2.05, 4.69) is 29.7 Å². The molecule has 0 atom stereocenters. The zero-order chi connectivity index (χ0) is 19.6. The van der Waals surface area contributed by atoms with E-state index in [4.69, 9.17) is 4.74 Å². The number of hydrogen-bond donors (Lipinski definition) is 2. The molecule has 0 aliphatic carbocycles. The lowest BCUT2D eigenvalue weighted by atomic mass is 10.1. The van der Waals surface area contributed by atoms with Crippen LogP contribution in [-0.2, 0) is 4.79 Å². The Morgan fingerprint density at radius 3 is 2.33 bits per heavy atom. The minimum atomic E-state index is -0.296. The maximum Gasteiger partial charge on any atom is 0.271 e. The van der Waals surface area contributed by atoms with Crippen LogP contribution in [0.2, 0.25) is 0 Å². The predicted molar refractivity (Wildman–Crippen MR) is 107 cm³/mol. The summed E-state index contributed by atoms with van der Waals surface area (Å²) in [7, 11) is 0. The van der Waals surface area contributed by atoms with Crippen LogP contribution in [0, 0.1) is 5.92 Å². The fourth-order valence-electron chi connectivity index (χ4n) is 2.20. The summed E-state index contributed by atoms with van der Waals surface area (Å²) in [6.07, 6.45) is 2.53. The SMILES string of the molecule is CC(=O)Nc1ccc(/C=N\NC(=O)c2ccc(OCCC(C)C)cc2)cc1. The van der Waals surface area contributed by atoms with E-state index in [1.807, 2.05) is 0 Å². The normalized spacial score (nSPS) is 10.8. The van der Waals surface area contributed by atoms with Crippen molar-refractivity contribution in [2.45, 2.75) is 27.2 Å². The molecule has 27 heavy (non-hydrogen) atoms. The zero-order valence-corrected chi connectivity index (χ0v) is 15.9. The number of rotatable bonds is 8. The highest BCUT2D eigenvalue weighted by molar-refractivity contribution is 5.95. The number of amides is 2. The van der Waals surface area contributed by atoms with Gasteiger partial charge in [-0.1, -0.05) is 26.0 Å². The summed E-state index contributed by atoms with van der Waals surface area (Å²) in [5, 5.41) is 6.64. The lowest BCUT2D eigenvalue weighted by molar-refractivity contribution is -0.114. The topological polar surface area (TPSA) is 79.8 Å². The summed E-state index contributed by atoms with van der Waals surface area (Å²) in [5.74, 6) is 0.916. The Hall–Kier alpha value is -3.15. The molecule has 0 aliphatic rings. The minimum absolute atomic E-state index is 0.125. The van der Waals surface area contributed by atoms with Gasteiger partial charge in [0, 0.05) is 18.2 Å². The first-order valence-corrected chi connectivity index (χ1v) is 8.88. The van der Waals surface area contributed by atoms with E-state index < -0.39 is 0 Å². The average Bonchev–Trinajstić information content (AvgIpc) is 2.63. The molecule has 0 saturated heterocycles. The van der Waals surface area contributed by atoms with Crippen molar-refractivity contribution < 1.29 is 14.3 Å². The highest BCUT2D eigenvalue weighted by atomic mass is 16.5. The maximum atomic E-state index is 12.1. The van der Waals surface area contributed by atoms with Crippen molar-refractivity contribution in [3.8, 4) is 5.75 Å². The van der Waals surface area contributed by atoms with Gasteiger partial charge in [-0.2, -0.15) is 5.10 Å². The molecule has 2 aromatic rings. The maximum absolute atomic E-state index is 12.1. The summed E-state index contributed by atoms with van der Waals surface area (Å²) in [6.45, 7) is 6.41. The van der Waals surface area contributed by atoms with Crippen LogP contribution in [0.3, 0.4) is 0 Å². The van der Waals surface area contributed by atoms with Crippen LogP contribution in [0.1, 0.15) is 43.1 Å². The molecule has 0 spiro atoms. The first-order valence-electron chi connectivity index (χ1n) is 8.88. The average molecular weight is 367 g/mol. The summed E-state index contributed by atoms with van der Waals surface area (Å²) in [4.78, 5) is 23.1. The predicted octanol–water partition coefficient (Wildman–Crippen LogP) is 3.83. The summed E-state index contributed by atoms with van der Waals surface area (Å²) in [6, 6.07) is 14.1. The van der Waals surface area contributed by atoms with E-state index in [-0.39, 0.29) is 11.8 Å². The van der Waals surface area contributed by atoms with Gasteiger partial charge in [-0.25, -0.2) is 5.43 Å². The highest BCUT2D eigenvalue weighted by Crippen LogP contribution is 2.13. The molecule has 2 N–H and O–H groups in total. The second-order valence-electron chi connectivity index (χ2n) is 6.56. The van der Waals surface area contributed by atoms with E-state index in [1.165, 1.54) is 6.92 Å². The van der Waals surface area contributed by atoms with E-state index >= 15 is 0 Å². The Morgan fingerprint density at radius 2 is 1.74 bits per heavy atom. The summed E-state index contributed by atoms with van der Waals surface area (Å²) < 4.78 is 5.64. The van der Waals surface area contributed by atoms with Gasteiger partial charge in [0.25, 0.3) is 5.91 Å². The largest absolute Gasteiger partial charge is 0.494 e. The molecule has 0 aromatic heterocycles. The molecule has 6 heteroatoms. The monoisotopic (exact) mass is 367 g/mol. The van der Waals surface area contributed by atoms with Crippen LogP contribution in [0.15, 0.2) is 53.6 Å². The number of carbonyl (C=O) groups is 2. The Labute approximate surface area is 159 Å². The number of nitrogens with one attached hydrogen (secondary N) is 2. The van der Waals surface area contributed by atoms with E-state index in [0.717, 1.165) is 17.7 Å². The third kappa shape index (κ3) is 7.32. The van der Waals surface area contributed by atoms with Crippen LogP contribution in [0.25, 0.3) is 0 Å². The van der Waals surface area contributed by atoms with Gasteiger partial charge in [-0.15, -0.1) is 0 Å². The molecule has 0 saturated carbocycles. The third-order valence-electron chi connectivity index (χ3n) is 3.69. The van der Waals surface area contributed by atoms with E-state index in [0.29, 0.717) is 23.8 Å². The second kappa shape index (κ2) is 10.1. The lowest BCUT2D eigenvalue weighted by Gasteiger charge is -2.08. The van der Waals surface area contributed by atoms with Gasteiger partial charge in [0.05, 0.1) is 12.8 Å². The number of carbonyl (C=O) groups excluding carboxylic acids is 2. The van der Waals surface area contributed by atoms with Gasteiger partial charge in [-0.3, -0.25) is 9.59 Å². The first kappa shape index (κ1) is 20.2. The molecule has 0 unspecified atom stereocenters. The lowest BCUT2D eigenvalue weighted by Crippen LogP contribution is -2.17. The summed E-state index contributed by atoms with van der Waals surface area (Å²) >= 11 is 0. The quantitative estimate of drug-likeness (QED) is 0.550. The van der Waals surface area contributed by atoms with Crippen LogP contribution in [0.4, 0.5) is 5.69 Å². The Balaban J connectivity index is 1.84. The van der Waals surface area contributed by atoms with Crippen LogP contribution >= 0.6 is 0 Å². The van der Waals surface area contributed by atoms with Crippen molar-refractivity contribution in [1.29, 1.82) is 0 Å². The van der Waals surface area contributed by atoms with Crippen molar-refractivity contribution in [1.82, 2.24) is 5.43 Å². The van der Waals surface area contributed by atoms with Crippen molar-refractivity contribution >= 4 is 23.7 Å². The van der Waals surface area contributed by atoms with Crippen molar-refractivity contribution in [2.75, 3.05) is 11.9 Å². The van der Waals surface area contributed by atoms with Crippen LogP contribution < -0.4 is 15.5 Å². The van der Waals surface area contributed by atoms with Gasteiger partial charge in [-0.05, 0) is 54.3 Å². The number of nitrogens with zero attached hydrogens (tertiary/aromatic N) is 1. The van der Waals surface area contributed by atoms with E-state index in [9.17, 15) is 9.59 Å². The fraction of sp³-hybridized carbons (Fsp3) is 0.286. The number of hydrazone groups is 1. The van der Waals surface area contributed by atoms with Gasteiger partial charge < -0.3 is 10.1 Å². The van der Waals surface area contributed by atoms with Crippen LogP contribution in [-0.4, -0.2) is 24.6 Å². The molecular formula is C21H25N3O3. The molecule has 0 fully saturated rings. The number of anilines is 1. The van der Waals surface area contributed by atoms with Crippen molar-refractivity contribution in [3.05, 3.63) is 59.7 Å². The highest BCUT2D eigenvalue weighted by Gasteiger charge is 2.04. The Morgan fingerprint density at radius 1 is 1.07 bits per heavy atom. The molecule has 142 valence electrons. The molecule has 2 aromatic carbocycles. The minimum Gasteiger partial charge on any atom is -0.494 e. The van der Waals surface area contributed by atoms with E-state index in [1.54, 1.807) is 54.7 Å². The first-order chi connectivity index (χ1) is 12.9. The fourth-order valence-corrected chi connectivity index (χ4v) is 2.20. The second-order valence-corrected chi connectivity index (χ2v) is 6.56. The smallest absolute Gasteiger partial charge is 0.271 e. The molecule has 2 amide bonds.